The van der Waals surface area contributed by atoms with Gasteiger partial charge in [-0.15, -0.1) is 0 Å². The molecule has 4 rings (SSSR count). The summed E-state index contributed by atoms with van der Waals surface area (Å²) in [7, 11) is 0. The number of Topliss-reactive ketones (excluding diaryl/α,β-unsaturated/α-hetero) is 2. The second-order valence-corrected chi connectivity index (χ2v) is 8.07. The van der Waals surface area contributed by atoms with Crippen LogP contribution in [0.5, 0.6) is 5.75 Å². The van der Waals surface area contributed by atoms with Gasteiger partial charge in [-0.25, -0.2) is 9.07 Å². The maximum atomic E-state index is 13.3. The summed E-state index contributed by atoms with van der Waals surface area (Å²) >= 11 is 3.58. The molecule has 0 radical (unpaired) electrons. The molecule has 0 N–H and O–H groups in total. The van der Waals surface area contributed by atoms with Crippen LogP contribution in [0.15, 0.2) is 41.0 Å². The average molecular weight is 470 g/mol. The molecule has 0 fully saturated rings. The maximum Gasteiger partial charge on any atom is 0.161 e. The van der Waals surface area contributed by atoms with Gasteiger partial charge in [-0.1, -0.05) is 0 Å². The molecule has 0 aliphatic carbocycles. The number of nitrogens with zero attached hydrogens (tertiary/aromatic N) is 3. The summed E-state index contributed by atoms with van der Waals surface area (Å²) in [6.07, 6.45) is 1.90. The number of carbonyl (C=O) groups excluding carboxylic acids is 2. The second-order valence-electron chi connectivity index (χ2n) is 7.28. The van der Waals surface area contributed by atoms with Crippen LogP contribution in [0.1, 0.15) is 31.7 Å². The van der Waals surface area contributed by atoms with Crippen molar-refractivity contribution >= 4 is 38.4 Å². The number of carbonyl (C=O) groups is 2. The monoisotopic (exact) mass is 469 g/mol. The van der Waals surface area contributed by atoms with Gasteiger partial charge in [-0.2, -0.15) is 10.4 Å². The Hall–Kier alpha value is -3.05. The van der Waals surface area contributed by atoms with Crippen LogP contribution in [-0.4, -0.2) is 28.0 Å². The van der Waals surface area contributed by atoms with Gasteiger partial charge in [0.15, 0.2) is 5.78 Å². The fourth-order valence-corrected chi connectivity index (χ4v) is 4.52. The lowest BCUT2D eigenvalue weighted by atomic mass is 9.73. The van der Waals surface area contributed by atoms with E-state index in [1.807, 2.05) is 0 Å². The first-order valence-electron chi connectivity index (χ1n) is 9.41. The van der Waals surface area contributed by atoms with E-state index in [0.29, 0.717) is 32.4 Å². The summed E-state index contributed by atoms with van der Waals surface area (Å²) in [5.74, 6) is -0.313. The molecule has 1 aromatic heterocycles. The molecule has 2 aromatic carbocycles. The highest BCUT2D eigenvalue weighted by molar-refractivity contribution is 9.10. The van der Waals surface area contributed by atoms with Crippen molar-refractivity contribution in [3.05, 3.63) is 52.4 Å². The minimum absolute atomic E-state index is 0.0764. The van der Waals surface area contributed by atoms with Crippen molar-refractivity contribution in [2.45, 2.75) is 31.6 Å². The van der Waals surface area contributed by atoms with E-state index in [-0.39, 0.29) is 43.3 Å². The number of nitriles is 1. The highest BCUT2D eigenvalue weighted by Crippen LogP contribution is 2.46. The Kier molecular flexibility index (Phi) is 5.16. The highest BCUT2D eigenvalue weighted by atomic mass is 79.9. The molecule has 1 atom stereocenters. The van der Waals surface area contributed by atoms with Gasteiger partial charge in [0.25, 0.3) is 0 Å². The Balaban J connectivity index is 1.96. The van der Waals surface area contributed by atoms with E-state index >= 15 is 0 Å². The first kappa shape index (κ1) is 20.2. The van der Waals surface area contributed by atoms with E-state index in [9.17, 15) is 19.2 Å². The van der Waals surface area contributed by atoms with Crippen molar-refractivity contribution in [2.75, 3.05) is 6.61 Å². The summed E-state index contributed by atoms with van der Waals surface area (Å²) in [6.45, 7) is 1.57. The molecule has 0 saturated heterocycles. The van der Waals surface area contributed by atoms with Gasteiger partial charge in [-0.05, 0) is 59.6 Å². The van der Waals surface area contributed by atoms with Crippen LogP contribution in [0, 0.1) is 17.1 Å². The van der Waals surface area contributed by atoms with Crippen LogP contribution >= 0.6 is 15.9 Å². The van der Waals surface area contributed by atoms with Crippen LogP contribution in [0.25, 0.3) is 16.6 Å². The maximum absolute atomic E-state index is 13.3. The molecule has 2 heterocycles. The van der Waals surface area contributed by atoms with E-state index in [1.165, 1.54) is 19.1 Å². The third kappa shape index (κ3) is 3.19. The summed E-state index contributed by atoms with van der Waals surface area (Å²) in [4.78, 5) is 24.6. The van der Waals surface area contributed by atoms with Crippen LogP contribution < -0.4 is 4.74 Å². The normalized spacial score (nSPS) is 18.4. The molecular weight excluding hydrogens is 453 g/mol. The first-order chi connectivity index (χ1) is 14.4. The van der Waals surface area contributed by atoms with Gasteiger partial charge in [-0.3, -0.25) is 4.79 Å². The zero-order valence-corrected chi connectivity index (χ0v) is 17.7. The number of fused-ring (bicyclic) bond motifs is 2. The Bertz CT molecular complexity index is 1210. The molecule has 6 nitrogen and oxygen atoms in total. The van der Waals surface area contributed by atoms with Crippen molar-refractivity contribution in [1.29, 1.82) is 5.26 Å². The fraction of sp³-hybridized carbons (Fsp3) is 0.273. The van der Waals surface area contributed by atoms with Crippen molar-refractivity contribution in [3.63, 3.8) is 0 Å². The molecule has 1 aliphatic rings. The topological polar surface area (TPSA) is 85.0 Å². The third-order valence-corrected chi connectivity index (χ3v) is 6.11. The number of benzene rings is 2. The quantitative estimate of drug-likeness (QED) is 0.564. The Morgan fingerprint density at radius 2 is 2.13 bits per heavy atom. The molecule has 8 heteroatoms. The summed E-state index contributed by atoms with van der Waals surface area (Å²) < 4.78 is 21.4. The van der Waals surface area contributed by atoms with Crippen molar-refractivity contribution < 1.29 is 18.7 Å². The van der Waals surface area contributed by atoms with E-state index in [1.54, 1.807) is 29.1 Å². The van der Waals surface area contributed by atoms with Crippen LogP contribution in [0.4, 0.5) is 4.39 Å². The van der Waals surface area contributed by atoms with Crippen molar-refractivity contribution in [3.8, 4) is 17.5 Å². The molecule has 152 valence electrons. The molecule has 0 spiro atoms. The summed E-state index contributed by atoms with van der Waals surface area (Å²) in [5.41, 5.74) is 0.298. The van der Waals surface area contributed by atoms with Crippen molar-refractivity contribution in [2.24, 2.45) is 0 Å². The lowest BCUT2D eigenvalue weighted by molar-refractivity contribution is -0.123. The van der Waals surface area contributed by atoms with E-state index in [4.69, 9.17) is 4.74 Å². The molecule has 0 bridgehead atoms. The largest absolute Gasteiger partial charge is 0.491 e. The highest BCUT2D eigenvalue weighted by Gasteiger charge is 2.45. The average Bonchev–Trinajstić information content (AvgIpc) is 3.09. The number of hydrogen-bond acceptors (Lipinski definition) is 5. The molecule has 1 unspecified atom stereocenters. The summed E-state index contributed by atoms with van der Waals surface area (Å²) in [5, 5.41) is 15.1. The molecule has 30 heavy (non-hydrogen) atoms. The van der Waals surface area contributed by atoms with Gasteiger partial charge in [0, 0.05) is 23.8 Å². The molecule has 0 amide bonds. The first-order valence-corrected chi connectivity index (χ1v) is 10.2. The summed E-state index contributed by atoms with van der Waals surface area (Å²) in [6, 6.07) is 9.82. The van der Waals surface area contributed by atoms with Crippen molar-refractivity contribution in [1.82, 2.24) is 9.78 Å². The zero-order valence-electron chi connectivity index (χ0n) is 16.1. The standard InChI is InChI=1S/C22H17BrFN3O3/c1-13(28)6-8-22(12-25)17-10-14-11-26-27(16-4-2-15(24)3-5-16)20(14)19(23)21(17)30-9-7-18(22)29/h2-5,10-11H,6-9H2,1H3. The van der Waals surface area contributed by atoms with Crippen LogP contribution in [-0.2, 0) is 15.0 Å². The van der Waals surface area contributed by atoms with Gasteiger partial charge in [0.1, 0.15) is 22.8 Å². The number of hydrogen-bond donors (Lipinski definition) is 0. The van der Waals surface area contributed by atoms with Gasteiger partial charge < -0.3 is 9.53 Å². The van der Waals surface area contributed by atoms with Gasteiger partial charge >= 0.3 is 0 Å². The van der Waals surface area contributed by atoms with Gasteiger partial charge in [0.05, 0.1) is 34.5 Å². The second kappa shape index (κ2) is 7.65. The Labute approximate surface area is 180 Å². The van der Waals surface area contributed by atoms with E-state index < -0.39 is 5.41 Å². The zero-order chi connectivity index (χ0) is 21.5. The molecule has 3 aromatic rings. The number of rotatable bonds is 4. The van der Waals surface area contributed by atoms with Crippen LogP contribution in [0.3, 0.4) is 0 Å². The van der Waals surface area contributed by atoms with Gasteiger partial charge in [0.2, 0.25) is 0 Å². The van der Waals surface area contributed by atoms with E-state index in [2.05, 4.69) is 27.1 Å². The van der Waals surface area contributed by atoms with Crippen LogP contribution in [0.2, 0.25) is 0 Å². The Morgan fingerprint density at radius 3 is 2.80 bits per heavy atom. The fourth-order valence-electron chi connectivity index (χ4n) is 3.79. The third-order valence-electron chi connectivity index (χ3n) is 5.37. The predicted octanol–water partition coefficient (Wildman–Crippen LogP) is 4.41. The number of aromatic nitrogens is 2. The lowest BCUT2D eigenvalue weighted by Gasteiger charge is -2.25. The minimum atomic E-state index is -1.47. The molecule has 1 aliphatic heterocycles. The lowest BCUT2D eigenvalue weighted by Crippen LogP contribution is -2.34. The molecular formula is C22H17BrFN3O3. The predicted molar refractivity (Wildman–Crippen MR) is 111 cm³/mol. The minimum Gasteiger partial charge on any atom is -0.491 e. The molecule has 0 saturated carbocycles. The SMILES string of the molecule is CC(=O)CCC1(C#N)C(=O)CCOc2c1cc1cnn(-c3ccc(F)cc3)c1c2Br. The number of ketones is 2. The number of halogens is 2. The smallest absolute Gasteiger partial charge is 0.161 e. The van der Waals surface area contributed by atoms with E-state index in [0.717, 1.165) is 0 Å². The number of ether oxygens (including phenoxy) is 1. The Morgan fingerprint density at radius 1 is 1.40 bits per heavy atom.